The Kier molecular flexibility index (Phi) is 4.66. The fraction of sp³-hybridized carbons (Fsp3) is 0.455. The molecular weight excluding hydrogens is 366 g/mol. The summed E-state index contributed by atoms with van der Waals surface area (Å²) in [6.45, 7) is 1.67. The van der Waals surface area contributed by atoms with Crippen LogP contribution in [0.25, 0.3) is 0 Å². The maximum atomic E-state index is 13.5. The maximum absolute atomic E-state index is 13.5. The number of benzene rings is 1. The zero-order valence-corrected chi connectivity index (χ0v) is 16.5. The van der Waals surface area contributed by atoms with E-state index < -0.39 is 0 Å². The first-order valence-electron chi connectivity index (χ1n) is 10.3. The van der Waals surface area contributed by atoms with Crippen LogP contribution < -0.4 is 9.64 Å². The Hall–Kier alpha value is -2.96. The molecule has 1 saturated carbocycles. The van der Waals surface area contributed by atoms with Crippen LogP contribution in [-0.4, -0.2) is 47.3 Å². The zero-order valence-electron chi connectivity index (χ0n) is 16.5. The van der Waals surface area contributed by atoms with Gasteiger partial charge in [-0.25, -0.2) is 15.0 Å². The summed E-state index contributed by atoms with van der Waals surface area (Å²) in [4.78, 5) is 24.3. The van der Waals surface area contributed by atoms with E-state index in [-0.39, 0.29) is 17.9 Å². The highest BCUT2D eigenvalue weighted by molar-refractivity contribution is 5.83. The molecule has 1 aromatic carbocycles. The highest BCUT2D eigenvalue weighted by atomic mass is 16.5. The van der Waals surface area contributed by atoms with Gasteiger partial charge in [-0.3, -0.25) is 4.79 Å². The molecule has 3 unspecified atom stereocenters. The first kappa shape index (κ1) is 18.1. The van der Waals surface area contributed by atoms with E-state index in [2.05, 4.69) is 32.1 Å². The highest BCUT2D eigenvalue weighted by Gasteiger charge is 2.48. The van der Waals surface area contributed by atoms with Gasteiger partial charge in [0.15, 0.2) is 0 Å². The Morgan fingerprint density at radius 2 is 1.86 bits per heavy atom. The van der Waals surface area contributed by atoms with Crippen molar-refractivity contribution in [2.45, 2.75) is 25.3 Å². The topological polar surface area (TPSA) is 70.9 Å². The first-order chi connectivity index (χ1) is 14.2. The molecule has 1 aliphatic carbocycles. The van der Waals surface area contributed by atoms with Gasteiger partial charge in [0.05, 0.1) is 13.2 Å². The number of hydrogen-bond donors (Lipinski definition) is 0. The third-order valence-corrected chi connectivity index (χ3v) is 6.52. The van der Waals surface area contributed by atoms with Gasteiger partial charge in [-0.1, -0.05) is 30.3 Å². The summed E-state index contributed by atoms with van der Waals surface area (Å²) in [5.41, 5.74) is 1.15. The second-order valence-electron chi connectivity index (χ2n) is 8.09. The quantitative estimate of drug-likeness (QED) is 0.801. The van der Waals surface area contributed by atoms with Gasteiger partial charge in [0.1, 0.15) is 12.1 Å². The molecular formula is C22H25N5O2. The van der Waals surface area contributed by atoms with E-state index >= 15 is 0 Å². The van der Waals surface area contributed by atoms with Crippen molar-refractivity contribution in [3.05, 3.63) is 48.3 Å². The molecule has 0 radical (unpaired) electrons. The van der Waals surface area contributed by atoms with Gasteiger partial charge in [0.2, 0.25) is 11.8 Å². The lowest BCUT2D eigenvalue weighted by Gasteiger charge is -2.39. The monoisotopic (exact) mass is 391 g/mol. The Bertz CT molecular complexity index is 904. The van der Waals surface area contributed by atoms with E-state index in [4.69, 9.17) is 4.74 Å². The zero-order chi connectivity index (χ0) is 19.8. The van der Waals surface area contributed by atoms with E-state index in [0.29, 0.717) is 17.7 Å². The summed E-state index contributed by atoms with van der Waals surface area (Å²) in [6.07, 6.45) is 6.35. The van der Waals surface area contributed by atoms with Crippen molar-refractivity contribution in [3.63, 3.8) is 0 Å². The van der Waals surface area contributed by atoms with E-state index in [0.717, 1.165) is 43.7 Å². The minimum atomic E-state index is 0.0206. The van der Waals surface area contributed by atoms with Crippen LogP contribution in [0.3, 0.4) is 0 Å². The minimum Gasteiger partial charge on any atom is -0.481 e. The Morgan fingerprint density at radius 1 is 1.10 bits per heavy atom. The van der Waals surface area contributed by atoms with Crippen molar-refractivity contribution >= 4 is 17.9 Å². The largest absolute Gasteiger partial charge is 0.481 e. The van der Waals surface area contributed by atoms with Crippen molar-refractivity contribution in [2.75, 3.05) is 25.1 Å². The van der Waals surface area contributed by atoms with E-state index in [9.17, 15) is 4.79 Å². The van der Waals surface area contributed by atoms with E-state index in [1.165, 1.54) is 6.33 Å². The summed E-state index contributed by atoms with van der Waals surface area (Å²) < 4.78 is 5.24. The lowest BCUT2D eigenvalue weighted by molar-refractivity contribution is -0.140. The molecule has 2 bridgehead atoms. The average molecular weight is 391 g/mol. The first-order valence-corrected chi connectivity index (χ1v) is 10.3. The Morgan fingerprint density at radius 3 is 2.59 bits per heavy atom. The number of rotatable bonds is 4. The fourth-order valence-electron chi connectivity index (χ4n) is 5.16. The minimum absolute atomic E-state index is 0.0206. The van der Waals surface area contributed by atoms with Crippen molar-refractivity contribution in [1.82, 2.24) is 15.0 Å². The van der Waals surface area contributed by atoms with Crippen LogP contribution in [-0.2, 0) is 4.79 Å². The summed E-state index contributed by atoms with van der Waals surface area (Å²) in [6, 6.07) is 12.1. The standard InChI is InChI=1S/C22H25N5O2/c1-29-20-11-19(23-14-24-20)26-12-16-7-8-17(13-26)21(16)22(28)27-18(9-10-25-27)15-5-3-2-4-6-15/h2-6,10-11,14,16-18,21H,7-9,12-13H2,1H3. The lowest BCUT2D eigenvalue weighted by Crippen LogP contribution is -2.48. The van der Waals surface area contributed by atoms with E-state index in [1.54, 1.807) is 12.1 Å². The van der Waals surface area contributed by atoms with Crippen LogP contribution in [0.15, 0.2) is 47.8 Å². The van der Waals surface area contributed by atoms with Crippen LogP contribution in [0.2, 0.25) is 0 Å². The van der Waals surface area contributed by atoms with Crippen molar-refractivity contribution < 1.29 is 9.53 Å². The fourth-order valence-corrected chi connectivity index (χ4v) is 5.16. The Balaban J connectivity index is 1.34. The number of hydrogen-bond acceptors (Lipinski definition) is 6. The predicted octanol–water partition coefficient (Wildman–Crippen LogP) is 2.91. The molecule has 5 rings (SSSR count). The number of hydrazone groups is 1. The number of aromatic nitrogens is 2. The number of methoxy groups -OCH3 is 1. The summed E-state index contributed by atoms with van der Waals surface area (Å²) in [5, 5.41) is 6.22. The maximum Gasteiger partial charge on any atom is 0.247 e. The molecule has 3 atom stereocenters. The second kappa shape index (κ2) is 7.46. The number of carbonyl (C=O) groups is 1. The van der Waals surface area contributed by atoms with Crippen LogP contribution in [0.1, 0.15) is 30.9 Å². The molecule has 3 heterocycles. The van der Waals surface area contributed by atoms with Crippen LogP contribution in [0.5, 0.6) is 5.88 Å². The number of amides is 1. The molecule has 7 heteroatoms. The SMILES string of the molecule is COc1cc(N2CC3CCC(C2)C3C(=O)N2N=CCC2c2ccccc2)ncn1. The average Bonchev–Trinajstić information content (AvgIpc) is 3.36. The third-order valence-electron chi connectivity index (χ3n) is 6.52. The highest BCUT2D eigenvalue weighted by Crippen LogP contribution is 2.45. The molecule has 1 saturated heterocycles. The van der Waals surface area contributed by atoms with Gasteiger partial charge < -0.3 is 9.64 Å². The summed E-state index contributed by atoms with van der Waals surface area (Å²) in [5.74, 6) is 2.32. The number of nitrogens with zero attached hydrogens (tertiary/aromatic N) is 5. The predicted molar refractivity (Wildman–Crippen MR) is 110 cm³/mol. The van der Waals surface area contributed by atoms with Crippen LogP contribution in [0.4, 0.5) is 5.82 Å². The molecule has 0 N–H and O–H groups in total. The van der Waals surface area contributed by atoms with Gasteiger partial charge in [0, 0.05) is 37.7 Å². The third kappa shape index (κ3) is 3.24. The molecule has 2 aromatic rings. The molecule has 1 amide bonds. The lowest BCUT2D eigenvalue weighted by atomic mass is 9.83. The molecule has 7 nitrogen and oxygen atoms in total. The van der Waals surface area contributed by atoms with Gasteiger partial charge in [-0.15, -0.1) is 0 Å². The van der Waals surface area contributed by atoms with Crippen LogP contribution in [0, 0.1) is 17.8 Å². The number of anilines is 1. The summed E-state index contributed by atoms with van der Waals surface area (Å²) >= 11 is 0. The van der Waals surface area contributed by atoms with E-state index in [1.807, 2.05) is 30.5 Å². The normalized spacial score (nSPS) is 28.0. The van der Waals surface area contributed by atoms with Gasteiger partial charge in [-0.2, -0.15) is 5.10 Å². The molecule has 29 heavy (non-hydrogen) atoms. The molecule has 2 fully saturated rings. The van der Waals surface area contributed by atoms with Crippen molar-refractivity contribution in [3.8, 4) is 5.88 Å². The number of carbonyl (C=O) groups excluding carboxylic acids is 1. The van der Waals surface area contributed by atoms with Gasteiger partial charge >= 0.3 is 0 Å². The Labute approximate surface area is 170 Å². The number of ether oxygens (including phenoxy) is 1. The second-order valence-corrected chi connectivity index (χ2v) is 8.09. The molecule has 3 aliphatic rings. The molecule has 2 aliphatic heterocycles. The van der Waals surface area contributed by atoms with Gasteiger partial charge in [-0.05, 0) is 30.2 Å². The van der Waals surface area contributed by atoms with Crippen molar-refractivity contribution in [2.24, 2.45) is 22.9 Å². The summed E-state index contributed by atoms with van der Waals surface area (Å²) in [7, 11) is 1.61. The smallest absolute Gasteiger partial charge is 0.247 e. The van der Waals surface area contributed by atoms with Crippen LogP contribution >= 0.6 is 0 Å². The number of fused-ring (bicyclic) bond motifs is 2. The molecule has 150 valence electrons. The number of piperidine rings is 1. The van der Waals surface area contributed by atoms with Crippen molar-refractivity contribution in [1.29, 1.82) is 0 Å². The molecule has 1 aromatic heterocycles. The molecule has 0 spiro atoms. The van der Waals surface area contributed by atoms with Gasteiger partial charge in [0.25, 0.3) is 0 Å².